The van der Waals surface area contributed by atoms with Gasteiger partial charge in [0.2, 0.25) is 11.8 Å². The van der Waals surface area contributed by atoms with Gasteiger partial charge in [-0.05, 0) is 18.8 Å². The molecule has 86 valence electrons. The molecule has 0 unspecified atom stereocenters. The monoisotopic (exact) mass is 213 g/mol. The van der Waals surface area contributed by atoms with Crippen LogP contribution in [-0.2, 0) is 9.59 Å². The average Bonchev–Trinajstić information content (AvgIpc) is 2.97. The number of hydrogen-bond donors (Lipinski definition) is 3. The molecule has 0 aromatic heterocycles. The van der Waals surface area contributed by atoms with Gasteiger partial charge in [0.25, 0.3) is 0 Å². The van der Waals surface area contributed by atoms with Crippen LogP contribution in [0.5, 0.6) is 0 Å². The highest BCUT2D eigenvalue weighted by Gasteiger charge is 2.21. The molecule has 1 fully saturated rings. The average molecular weight is 213 g/mol. The van der Waals surface area contributed by atoms with Crippen molar-refractivity contribution in [2.75, 3.05) is 26.2 Å². The van der Waals surface area contributed by atoms with Crippen LogP contribution < -0.4 is 16.0 Å². The van der Waals surface area contributed by atoms with Crippen LogP contribution >= 0.6 is 0 Å². The zero-order chi connectivity index (χ0) is 11.1. The zero-order valence-electron chi connectivity index (χ0n) is 9.14. The van der Waals surface area contributed by atoms with Crippen LogP contribution in [0, 0.1) is 5.92 Å². The molecule has 15 heavy (non-hydrogen) atoms. The standard InChI is InChI=1S/C10H19N3O2/c1-8(14)12-5-4-11-7-10(15)13-6-9-2-3-9/h9,11H,2-7H2,1H3,(H,12,14)(H,13,15). The fraction of sp³-hybridized carbons (Fsp3) is 0.800. The van der Waals surface area contributed by atoms with Gasteiger partial charge in [-0.1, -0.05) is 0 Å². The minimum absolute atomic E-state index is 0.0322. The lowest BCUT2D eigenvalue weighted by molar-refractivity contribution is -0.120. The van der Waals surface area contributed by atoms with Gasteiger partial charge >= 0.3 is 0 Å². The van der Waals surface area contributed by atoms with Gasteiger partial charge in [-0.3, -0.25) is 9.59 Å². The lowest BCUT2D eigenvalue weighted by Crippen LogP contribution is -2.38. The van der Waals surface area contributed by atoms with Crippen LogP contribution in [0.2, 0.25) is 0 Å². The lowest BCUT2D eigenvalue weighted by atomic mass is 10.4. The summed E-state index contributed by atoms with van der Waals surface area (Å²) in [6.07, 6.45) is 2.49. The molecule has 0 spiro atoms. The molecule has 3 N–H and O–H groups in total. The van der Waals surface area contributed by atoms with E-state index in [1.165, 1.54) is 19.8 Å². The molecule has 0 heterocycles. The Morgan fingerprint density at radius 2 is 1.93 bits per heavy atom. The first-order valence-corrected chi connectivity index (χ1v) is 5.40. The minimum Gasteiger partial charge on any atom is -0.355 e. The third kappa shape index (κ3) is 6.90. The number of hydrogen-bond acceptors (Lipinski definition) is 3. The van der Waals surface area contributed by atoms with Crippen LogP contribution in [0.25, 0.3) is 0 Å². The number of nitrogens with one attached hydrogen (secondary N) is 3. The fourth-order valence-electron chi connectivity index (χ4n) is 1.17. The molecule has 0 aromatic rings. The highest BCUT2D eigenvalue weighted by atomic mass is 16.2. The molecule has 1 aliphatic rings. The van der Waals surface area contributed by atoms with Gasteiger partial charge in [0, 0.05) is 26.6 Å². The fourth-order valence-corrected chi connectivity index (χ4v) is 1.17. The van der Waals surface area contributed by atoms with E-state index in [4.69, 9.17) is 0 Å². The first-order chi connectivity index (χ1) is 7.18. The molecule has 1 saturated carbocycles. The van der Waals surface area contributed by atoms with Gasteiger partial charge in [0.05, 0.1) is 6.54 Å². The van der Waals surface area contributed by atoms with E-state index in [9.17, 15) is 9.59 Å². The highest BCUT2D eigenvalue weighted by Crippen LogP contribution is 2.27. The second-order valence-electron chi connectivity index (χ2n) is 3.91. The van der Waals surface area contributed by atoms with Crippen LogP contribution in [0.1, 0.15) is 19.8 Å². The topological polar surface area (TPSA) is 70.2 Å². The van der Waals surface area contributed by atoms with Gasteiger partial charge < -0.3 is 16.0 Å². The van der Waals surface area contributed by atoms with E-state index < -0.39 is 0 Å². The van der Waals surface area contributed by atoms with Gasteiger partial charge in [0.1, 0.15) is 0 Å². The van der Waals surface area contributed by atoms with E-state index in [-0.39, 0.29) is 11.8 Å². The van der Waals surface area contributed by atoms with Crippen molar-refractivity contribution in [3.8, 4) is 0 Å². The molecule has 1 aliphatic carbocycles. The maximum atomic E-state index is 11.2. The van der Waals surface area contributed by atoms with E-state index in [0.717, 1.165) is 6.54 Å². The largest absolute Gasteiger partial charge is 0.355 e. The number of rotatable bonds is 7. The number of carbonyl (C=O) groups is 2. The molecule has 0 bridgehead atoms. The van der Waals surface area contributed by atoms with E-state index in [1.807, 2.05) is 0 Å². The van der Waals surface area contributed by atoms with Crippen LogP contribution in [-0.4, -0.2) is 38.0 Å². The molecular weight excluding hydrogens is 194 g/mol. The Morgan fingerprint density at radius 3 is 2.53 bits per heavy atom. The molecule has 5 heteroatoms. The van der Waals surface area contributed by atoms with Crippen LogP contribution in [0.4, 0.5) is 0 Å². The van der Waals surface area contributed by atoms with E-state index in [2.05, 4.69) is 16.0 Å². The maximum absolute atomic E-state index is 11.2. The lowest BCUT2D eigenvalue weighted by Gasteiger charge is -2.06. The van der Waals surface area contributed by atoms with Crippen molar-refractivity contribution >= 4 is 11.8 Å². The molecule has 0 aromatic carbocycles. The normalized spacial score (nSPS) is 14.7. The van der Waals surface area contributed by atoms with Crippen molar-refractivity contribution in [1.29, 1.82) is 0 Å². The summed E-state index contributed by atoms with van der Waals surface area (Å²) in [5, 5.41) is 8.46. The molecule has 5 nitrogen and oxygen atoms in total. The third-order valence-electron chi connectivity index (χ3n) is 2.25. The van der Waals surface area contributed by atoms with Crippen molar-refractivity contribution in [3.05, 3.63) is 0 Å². The molecule has 0 radical (unpaired) electrons. The van der Waals surface area contributed by atoms with Crippen LogP contribution in [0.3, 0.4) is 0 Å². The van der Waals surface area contributed by atoms with Gasteiger partial charge in [-0.2, -0.15) is 0 Å². The Bertz CT molecular complexity index is 227. The number of amides is 2. The second-order valence-corrected chi connectivity index (χ2v) is 3.91. The quantitative estimate of drug-likeness (QED) is 0.487. The van der Waals surface area contributed by atoms with Gasteiger partial charge in [-0.25, -0.2) is 0 Å². The smallest absolute Gasteiger partial charge is 0.233 e. The first-order valence-electron chi connectivity index (χ1n) is 5.40. The predicted octanol–water partition coefficient (Wildman–Crippen LogP) is -0.762. The Kier molecular flexibility index (Phi) is 5.10. The maximum Gasteiger partial charge on any atom is 0.233 e. The summed E-state index contributed by atoms with van der Waals surface area (Å²) >= 11 is 0. The summed E-state index contributed by atoms with van der Waals surface area (Å²) in [5.41, 5.74) is 0. The SMILES string of the molecule is CC(=O)NCCNCC(=O)NCC1CC1. The van der Waals surface area contributed by atoms with E-state index in [1.54, 1.807) is 0 Å². The number of carbonyl (C=O) groups excluding carboxylic acids is 2. The molecule has 2 amide bonds. The van der Waals surface area contributed by atoms with Gasteiger partial charge in [-0.15, -0.1) is 0 Å². The molecule has 0 aliphatic heterocycles. The second kappa shape index (κ2) is 6.40. The molecule has 1 rings (SSSR count). The Hall–Kier alpha value is -1.10. The Labute approximate surface area is 90.0 Å². The van der Waals surface area contributed by atoms with E-state index in [0.29, 0.717) is 25.6 Å². The summed E-state index contributed by atoms with van der Waals surface area (Å²) in [7, 11) is 0. The summed E-state index contributed by atoms with van der Waals surface area (Å²) in [6.45, 7) is 3.79. The van der Waals surface area contributed by atoms with Crippen molar-refractivity contribution in [2.45, 2.75) is 19.8 Å². The van der Waals surface area contributed by atoms with E-state index >= 15 is 0 Å². The highest BCUT2D eigenvalue weighted by molar-refractivity contribution is 5.78. The predicted molar refractivity (Wildman–Crippen MR) is 57.3 cm³/mol. The Morgan fingerprint density at radius 1 is 1.20 bits per heavy atom. The summed E-state index contributed by atoms with van der Waals surface area (Å²) in [5.74, 6) is 0.702. The van der Waals surface area contributed by atoms with Gasteiger partial charge in [0.15, 0.2) is 0 Å². The summed E-state index contributed by atoms with van der Waals surface area (Å²) in [4.78, 5) is 21.7. The van der Waals surface area contributed by atoms with Crippen molar-refractivity contribution in [2.24, 2.45) is 5.92 Å². The van der Waals surface area contributed by atoms with Crippen molar-refractivity contribution < 1.29 is 9.59 Å². The first kappa shape index (κ1) is 12.0. The summed E-state index contributed by atoms with van der Waals surface area (Å²) < 4.78 is 0. The zero-order valence-corrected chi connectivity index (χ0v) is 9.14. The van der Waals surface area contributed by atoms with Crippen LogP contribution in [0.15, 0.2) is 0 Å². The molecule has 0 atom stereocenters. The minimum atomic E-state index is -0.0463. The summed E-state index contributed by atoms with van der Waals surface area (Å²) in [6, 6.07) is 0. The van der Waals surface area contributed by atoms with Crippen molar-refractivity contribution in [1.82, 2.24) is 16.0 Å². The Balaban J connectivity index is 1.85. The molecular formula is C10H19N3O2. The van der Waals surface area contributed by atoms with Crippen molar-refractivity contribution in [3.63, 3.8) is 0 Å². The molecule has 0 saturated heterocycles. The third-order valence-corrected chi connectivity index (χ3v) is 2.25.